The summed E-state index contributed by atoms with van der Waals surface area (Å²) in [6.45, 7) is 1.79. The Labute approximate surface area is 103 Å². The topological polar surface area (TPSA) is 66.0 Å². The zero-order valence-corrected chi connectivity index (χ0v) is 9.90. The fraction of sp³-hybridized carbons (Fsp3) is 0.231. The molecule has 1 aromatic carbocycles. The van der Waals surface area contributed by atoms with E-state index in [-0.39, 0.29) is 12.2 Å². The summed E-state index contributed by atoms with van der Waals surface area (Å²) in [5, 5.41) is 8.61. The molecule has 2 aromatic rings. The number of rotatable bonds is 4. The third-order valence-corrected chi connectivity index (χ3v) is 2.64. The highest BCUT2D eigenvalue weighted by Crippen LogP contribution is 2.24. The molecule has 1 heterocycles. The normalized spacial score (nSPS) is 10.6. The van der Waals surface area contributed by atoms with E-state index in [1.165, 1.54) is 6.07 Å². The molecule has 0 saturated heterocycles. The maximum atomic E-state index is 13.6. The van der Waals surface area contributed by atoms with Crippen molar-refractivity contribution >= 4 is 5.97 Å². The van der Waals surface area contributed by atoms with E-state index in [1.807, 2.05) is 0 Å². The summed E-state index contributed by atoms with van der Waals surface area (Å²) in [6.07, 6.45) is 0.314. The predicted molar refractivity (Wildman–Crippen MR) is 64.7 cm³/mol. The van der Waals surface area contributed by atoms with E-state index < -0.39 is 5.97 Å². The van der Waals surface area contributed by atoms with Gasteiger partial charge in [-0.05, 0) is 19.1 Å². The smallest absolute Gasteiger partial charge is 0.303 e. The Morgan fingerprint density at radius 1 is 1.44 bits per heavy atom. The van der Waals surface area contributed by atoms with Crippen LogP contribution >= 0.6 is 0 Å². The van der Waals surface area contributed by atoms with E-state index in [0.29, 0.717) is 23.5 Å². The molecule has 0 aliphatic rings. The lowest BCUT2D eigenvalue weighted by atomic mass is 10.1. The van der Waals surface area contributed by atoms with Crippen LogP contribution in [-0.2, 0) is 11.2 Å². The summed E-state index contributed by atoms with van der Waals surface area (Å²) in [7, 11) is 0. The second kappa shape index (κ2) is 5.00. The maximum absolute atomic E-state index is 13.6. The van der Waals surface area contributed by atoms with Crippen molar-refractivity contribution in [2.75, 3.05) is 0 Å². The number of aromatic amines is 1. The number of aryl methyl sites for hydroxylation is 2. The molecule has 0 amide bonds. The van der Waals surface area contributed by atoms with Crippen molar-refractivity contribution in [1.29, 1.82) is 0 Å². The van der Waals surface area contributed by atoms with E-state index in [1.54, 1.807) is 25.1 Å². The van der Waals surface area contributed by atoms with Gasteiger partial charge in [-0.15, -0.1) is 0 Å². The molecule has 0 bridgehead atoms. The summed E-state index contributed by atoms with van der Waals surface area (Å²) < 4.78 is 13.6. The van der Waals surface area contributed by atoms with Crippen LogP contribution in [0.15, 0.2) is 24.3 Å². The molecule has 0 unspecified atom stereocenters. The van der Waals surface area contributed by atoms with Crippen LogP contribution in [0.2, 0.25) is 0 Å². The number of nitrogens with zero attached hydrogens (tertiary/aromatic N) is 1. The van der Waals surface area contributed by atoms with Crippen molar-refractivity contribution in [3.63, 3.8) is 0 Å². The third-order valence-electron chi connectivity index (χ3n) is 2.64. The molecular weight excluding hydrogens is 235 g/mol. The first-order valence-electron chi connectivity index (χ1n) is 5.60. The molecule has 18 heavy (non-hydrogen) atoms. The number of carboxylic acid groups (broad SMARTS) is 1. The van der Waals surface area contributed by atoms with Gasteiger partial charge >= 0.3 is 5.97 Å². The molecule has 0 aliphatic heterocycles. The van der Waals surface area contributed by atoms with Crippen LogP contribution in [0.4, 0.5) is 4.39 Å². The number of hydrogen-bond acceptors (Lipinski definition) is 2. The zero-order valence-electron chi connectivity index (χ0n) is 9.90. The highest BCUT2D eigenvalue weighted by molar-refractivity contribution is 5.67. The Morgan fingerprint density at radius 2 is 2.17 bits per heavy atom. The molecular formula is C13H13FN2O2. The molecule has 2 rings (SSSR count). The van der Waals surface area contributed by atoms with Gasteiger partial charge in [0.05, 0.1) is 12.1 Å². The average molecular weight is 248 g/mol. The standard InChI is InChI=1S/C13H13FN2O2/c1-8-13(9-4-2-3-5-10(9)14)16-11(15-8)6-7-12(17)18/h2-5H,6-7H2,1H3,(H,15,16)(H,17,18). The van der Waals surface area contributed by atoms with Gasteiger partial charge < -0.3 is 10.1 Å². The second-order valence-electron chi connectivity index (χ2n) is 4.03. The number of hydrogen-bond donors (Lipinski definition) is 2. The van der Waals surface area contributed by atoms with Gasteiger partial charge in [0.2, 0.25) is 0 Å². The van der Waals surface area contributed by atoms with Gasteiger partial charge in [-0.3, -0.25) is 4.79 Å². The lowest BCUT2D eigenvalue weighted by molar-refractivity contribution is -0.137. The first-order chi connectivity index (χ1) is 8.58. The minimum absolute atomic E-state index is 0.00364. The molecule has 0 saturated carbocycles. The van der Waals surface area contributed by atoms with Crippen LogP contribution in [0.25, 0.3) is 11.3 Å². The Kier molecular flexibility index (Phi) is 3.41. The highest BCUT2D eigenvalue weighted by atomic mass is 19.1. The number of aliphatic carboxylic acids is 1. The van der Waals surface area contributed by atoms with Crippen molar-refractivity contribution in [3.05, 3.63) is 41.6 Å². The van der Waals surface area contributed by atoms with E-state index in [2.05, 4.69) is 9.97 Å². The average Bonchev–Trinajstić information content (AvgIpc) is 2.69. The van der Waals surface area contributed by atoms with Crippen LogP contribution in [-0.4, -0.2) is 21.0 Å². The quantitative estimate of drug-likeness (QED) is 0.873. The van der Waals surface area contributed by atoms with Gasteiger partial charge in [0.1, 0.15) is 11.6 Å². The molecule has 4 nitrogen and oxygen atoms in total. The number of carbonyl (C=O) groups is 1. The lowest BCUT2D eigenvalue weighted by Crippen LogP contribution is -1.98. The number of aromatic nitrogens is 2. The maximum Gasteiger partial charge on any atom is 0.303 e. The van der Waals surface area contributed by atoms with Crippen molar-refractivity contribution in [3.8, 4) is 11.3 Å². The Morgan fingerprint density at radius 3 is 2.83 bits per heavy atom. The third kappa shape index (κ3) is 2.56. The number of nitrogens with one attached hydrogen (secondary N) is 1. The van der Waals surface area contributed by atoms with Gasteiger partial charge in [0.25, 0.3) is 0 Å². The first kappa shape index (κ1) is 12.3. The molecule has 5 heteroatoms. The van der Waals surface area contributed by atoms with Crippen molar-refractivity contribution < 1.29 is 14.3 Å². The van der Waals surface area contributed by atoms with Crippen LogP contribution in [0.3, 0.4) is 0 Å². The Bertz CT molecular complexity index is 578. The molecule has 0 spiro atoms. The van der Waals surface area contributed by atoms with Gasteiger partial charge in [0.15, 0.2) is 0 Å². The second-order valence-corrected chi connectivity index (χ2v) is 4.03. The highest BCUT2D eigenvalue weighted by Gasteiger charge is 2.12. The molecule has 0 aliphatic carbocycles. The van der Waals surface area contributed by atoms with Gasteiger partial charge in [0, 0.05) is 17.7 Å². The molecule has 0 radical (unpaired) electrons. The van der Waals surface area contributed by atoms with Crippen molar-refractivity contribution in [2.24, 2.45) is 0 Å². The summed E-state index contributed by atoms with van der Waals surface area (Å²) >= 11 is 0. The van der Waals surface area contributed by atoms with Gasteiger partial charge in [-0.25, -0.2) is 9.37 Å². The Balaban J connectivity index is 2.30. The fourth-order valence-corrected chi connectivity index (χ4v) is 1.78. The molecule has 1 aromatic heterocycles. The largest absolute Gasteiger partial charge is 0.481 e. The van der Waals surface area contributed by atoms with E-state index >= 15 is 0 Å². The first-order valence-corrected chi connectivity index (χ1v) is 5.60. The monoisotopic (exact) mass is 248 g/mol. The lowest BCUT2D eigenvalue weighted by Gasteiger charge is -1.99. The molecule has 94 valence electrons. The van der Waals surface area contributed by atoms with Crippen molar-refractivity contribution in [2.45, 2.75) is 19.8 Å². The predicted octanol–water partition coefficient (Wildman–Crippen LogP) is 2.54. The van der Waals surface area contributed by atoms with Gasteiger partial charge in [-0.2, -0.15) is 0 Å². The van der Waals surface area contributed by atoms with E-state index in [9.17, 15) is 9.18 Å². The molecule has 2 N–H and O–H groups in total. The summed E-state index contributed by atoms with van der Waals surface area (Å²) in [5.41, 5.74) is 1.70. The number of carboxylic acids is 1. The van der Waals surface area contributed by atoms with Gasteiger partial charge in [-0.1, -0.05) is 12.1 Å². The minimum Gasteiger partial charge on any atom is -0.481 e. The zero-order chi connectivity index (χ0) is 13.1. The fourth-order valence-electron chi connectivity index (χ4n) is 1.78. The van der Waals surface area contributed by atoms with E-state index in [4.69, 9.17) is 5.11 Å². The summed E-state index contributed by atoms with van der Waals surface area (Å²) in [4.78, 5) is 17.7. The number of H-pyrrole nitrogens is 1. The van der Waals surface area contributed by atoms with Crippen LogP contribution < -0.4 is 0 Å². The number of halogens is 1. The van der Waals surface area contributed by atoms with E-state index in [0.717, 1.165) is 5.69 Å². The van der Waals surface area contributed by atoms with Crippen LogP contribution in [0.5, 0.6) is 0 Å². The number of imidazole rings is 1. The summed E-state index contributed by atoms with van der Waals surface area (Å²) in [5.74, 6) is -0.651. The summed E-state index contributed by atoms with van der Waals surface area (Å²) in [6, 6.07) is 6.38. The molecule has 0 fully saturated rings. The number of benzene rings is 1. The van der Waals surface area contributed by atoms with Crippen molar-refractivity contribution in [1.82, 2.24) is 9.97 Å². The minimum atomic E-state index is -0.878. The van der Waals surface area contributed by atoms with Crippen LogP contribution in [0.1, 0.15) is 17.9 Å². The Hall–Kier alpha value is -2.17. The molecule has 0 atom stereocenters. The SMILES string of the molecule is Cc1[nH]c(CCC(=O)O)nc1-c1ccccc1F. The van der Waals surface area contributed by atoms with Crippen LogP contribution in [0, 0.1) is 12.7 Å².